The second kappa shape index (κ2) is 10.8. The Morgan fingerprint density at radius 3 is 2.13 bits per heavy atom. The van der Waals surface area contributed by atoms with E-state index in [4.69, 9.17) is 4.74 Å². The summed E-state index contributed by atoms with van der Waals surface area (Å²) in [5.74, 6) is -1.31. The van der Waals surface area contributed by atoms with Gasteiger partial charge in [-0.25, -0.2) is 4.79 Å². The first-order valence-electron chi connectivity index (χ1n) is 10.9. The number of nitrogens with zero attached hydrogens (tertiary/aromatic N) is 1. The van der Waals surface area contributed by atoms with Crippen LogP contribution < -0.4 is 10.2 Å². The average Bonchev–Trinajstić information content (AvgIpc) is 3.07. The fraction of sp³-hybridized carbons (Fsp3) is 0.400. The molecule has 1 aliphatic carbocycles. The number of carbonyl (C=O) groups is 3. The van der Waals surface area contributed by atoms with Gasteiger partial charge in [-0.2, -0.15) is 0 Å². The molecule has 164 valence electrons. The fourth-order valence-corrected chi connectivity index (χ4v) is 3.82. The van der Waals surface area contributed by atoms with Gasteiger partial charge in [-0.1, -0.05) is 56.0 Å². The summed E-state index contributed by atoms with van der Waals surface area (Å²) in [6.07, 6.45) is 5.56. The predicted octanol–water partition coefficient (Wildman–Crippen LogP) is 4.35. The van der Waals surface area contributed by atoms with E-state index >= 15 is 0 Å². The zero-order valence-electron chi connectivity index (χ0n) is 18.2. The number of rotatable bonds is 6. The van der Waals surface area contributed by atoms with Gasteiger partial charge in [0.15, 0.2) is 6.10 Å². The zero-order valence-corrected chi connectivity index (χ0v) is 18.2. The molecule has 0 unspecified atom stereocenters. The lowest BCUT2D eigenvalue weighted by Gasteiger charge is -2.21. The van der Waals surface area contributed by atoms with Crippen molar-refractivity contribution in [3.63, 3.8) is 0 Å². The van der Waals surface area contributed by atoms with E-state index in [0.29, 0.717) is 5.69 Å². The van der Waals surface area contributed by atoms with Gasteiger partial charge < -0.3 is 15.0 Å². The molecule has 0 heterocycles. The lowest BCUT2D eigenvalue weighted by molar-refractivity contribution is -0.129. The largest absolute Gasteiger partial charge is 0.449 e. The molecule has 0 aromatic heterocycles. The maximum absolute atomic E-state index is 13.0. The van der Waals surface area contributed by atoms with Crippen LogP contribution in [-0.2, 0) is 9.53 Å². The minimum Gasteiger partial charge on any atom is -0.449 e. The van der Waals surface area contributed by atoms with Crippen molar-refractivity contribution in [3.05, 3.63) is 65.7 Å². The van der Waals surface area contributed by atoms with Crippen molar-refractivity contribution in [2.45, 2.75) is 57.6 Å². The normalized spacial score (nSPS) is 15.4. The molecule has 6 heteroatoms. The number of benzene rings is 2. The summed E-state index contributed by atoms with van der Waals surface area (Å²) in [7, 11) is 1.66. The first-order chi connectivity index (χ1) is 15.0. The van der Waals surface area contributed by atoms with Crippen molar-refractivity contribution in [3.8, 4) is 0 Å². The molecule has 3 rings (SSSR count). The molecular formula is C25H30N2O4. The Balaban J connectivity index is 1.67. The van der Waals surface area contributed by atoms with E-state index in [9.17, 15) is 14.4 Å². The number of carbonyl (C=O) groups excluding carboxylic acids is 3. The minimum absolute atomic E-state index is 0.129. The number of ether oxygens (including phenoxy) is 1. The molecule has 0 radical (unpaired) electrons. The molecule has 31 heavy (non-hydrogen) atoms. The van der Waals surface area contributed by atoms with Gasteiger partial charge in [0, 0.05) is 18.8 Å². The Kier molecular flexibility index (Phi) is 7.82. The predicted molar refractivity (Wildman–Crippen MR) is 120 cm³/mol. The third-order valence-corrected chi connectivity index (χ3v) is 5.68. The van der Waals surface area contributed by atoms with Crippen LogP contribution in [-0.4, -0.2) is 37.0 Å². The maximum atomic E-state index is 13.0. The van der Waals surface area contributed by atoms with E-state index in [2.05, 4.69) is 5.32 Å². The van der Waals surface area contributed by atoms with Gasteiger partial charge in [0.1, 0.15) is 0 Å². The van der Waals surface area contributed by atoms with Crippen LogP contribution in [0.3, 0.4) is 0 Å². The van der Waals surface area contributed by atoms with Crippen LogP contribution in [0.1, 0.15) is 66.2 Å². The Labute approximate surface area is 183 Å². The number of nitrogens with one attached hydrogen (secondary N) is 1. The van der Waals surface area contributed by atoms with Crippen LogP contribution in [0.25, 0.3) is 0 Å². The van der Waals surface area contributed by atoms with Crippen molar-refractivity contribution in [2.75, 3.05) is 11.9 Å². The molecule has 6 nitrogen and oxygen atoms in total. The zero-order chi connectivity index (χ0) is 22.2. The van der Waals surface area contributed by atoms with E-state index in [0.717, 1.165) is 25.7 Å². The number of esters is 1. The third kappa shape index (κ3) is 5.94. The van der Waals surface area contributed by atoms with Crippen LogP contribution >= 0.6 is 0 Å². The van der Waals surface area contributed by atoms with Gasteiger partial charge in [-0.15, -0.1) is 0 Å². The average molecular weight is 423 g/mol. The van der Waals surface area contributed by atoms with Crippen molar-refractivity contribution >= 4 is 23.5 Å². The summed E-state index contributed by atoms with van der Waals surface area (Å²) >= 11 is 0. The lowest BCUT2D eigenvalue weighted by atomic mass is 10.1. The second-order valence-corrected chi connectivity index (χ2v) is 7.99. The smallest absolute Gasteiger partial charge is 0.339 e. The van der Waals surface area contributed by atoms with Gasteiger partial charge >= 0.3 is 5.97 Å². The van der Waals surface area contributed by atoms with Crippen LogP contribution in [0, 0.1) is 0 Å². The van der Waals surface area contributed by atoms with Crippen LogP contribution in [0.15, 0.2) is 54.6 Å². The van der Waals surface area contributed by atoms with Crippen molar-refractivity contribution < 1.29 is 19.1 Å². The van der Waals surface area contributed by atoms with Crippen LogP contribution in [0.2, 0.25) is 0 Å². The van der Waals surface area contributed by atoms with Gasteiger partial charge in [0.2, 0.25) is 0 Å². The highest BCUT2D eigenvalue weighted by Gasteiger charge is 2.26. The molecule has 1 N–H and O–H groups in total. The molecule has 1 saturated carbocycles. The first-order valence-corrected chi connectivity index (χ1v) is 10.9. The molecule has 1 fully saturated rings. The highest BCUT2D eigenvalue weighted by molar-refractivity contribution is 6.12. The second-order valence-electron chi connectivity index (χ2n) is 7.99. The van der Waals surface area contributed by atoms with Gasteiger partial charge in [-0.3, -0.25) is 9.59 Å². The monoisotopic (exact) mass is 422 g/mol. The number of amides is 2. The Morgan fingerprint density at radius 2 is 1.48 bits per heavy atom. The SMILES string of the molecule is C[C@@H](OC(=O)c1ccccc1C(=O)N(C)c1ccccc1)C(=O)NC1CCCCCC1. The standard InChI is InChI=1S/C25H30N2O4/c1-18(23(28)26-19-12-6-3-4-7-13-19)31-25(30)22-17-11-10-16-21(22)24(29)27(2)20-14-8-5-9-15-20/h5,8-11,14-19H,3-4,6-7,12-13H2,1-2H3,(H,26,28)/t18-/m1/s1. The van der Waals surface area contributed by atoms with E-state index < -0.39 is 12.1 Å². The number of anilines is 1. The Hall–Kier alpha value is -3.15. The fourth-order valence-electron chi connectivity index (χ4n) is 3.82. The van der Waals surface area contributed by atoms with Crippen molar-refractivity contribution in [1.29, 1.82) is 0 Å². The van der Waals surface area contributed by atoms with Crippen LogP contribution in [0.4, 0.5) is 5.69 Å². The Bertz CT molecular complexity index is 905. The summed E-state index contributed by atoms with van der Waals surface area (Å²) in [5, 5.41) is 3.00. The first kappa shape index (κ1) is 22.5. The Morgan fingerprint density at radius 1 is 0.903 bits per heavy atom. The summed E-state index contributed by atoms with van der Waals surface area (Å²) in [5.41, 5.74) is 1.09. The van der Waals surface area contributed by atoms with Crippen molar-refractivity contribution in [1.82, 2.24) is 5.32 Å². The molecule has 0 spiro atoms. The topological polar surface area (TPSA) is 75.7 Å². The van der Waals surface area contributed by atoms with Crippen LogP contribution in [0.5, 0.6) is 0 Å². The summed E-state index contributed by atoms with van der Waals surface area (Å²) < 4.78 is 5.43. The lowest BCUT2D eigenvalue weighted by Crippen LogP contribution is -2.42. The molecule has 2 amide bonds. The molecule has 1 aliphatic rings. The van der Waals surface area contributed by atoms with Gasteiger partial charge in [0.25, 0.3) is 11.8 Å². The highest BCUT2D eigenvalue weighted by atomic mass is 16.5. The number of para-hydroxylation sites is 1. The van der Waals surface area contributed by atoms with E-state index in [1.54, 1.807) is 38.2 Å². The maximum Gasteiger partial charge on any atom is 0.339 e. The molecule has 2 aromatic rings. The van der Waals surface area contributed by atoms with E-state index in [-0.39, 0.29) is 29.0 Å². The summed E-state index contributed by atoms with van der Waals surface area (Å²) in [4.78, 5) is 39.9. The van der Waals surface area contributed by atoms with E-state index in [1.165, 1.54) is 17.7 Å². The molecule has 0 bridgehead atoms. The van der Waals surface area contributed by atoms with Gasteiger partial charge in [-0.05, 0) is 44.0 Å². The molecule has 0 saturated heterocycles. The quantitative estimate of drug-likeness (QED) is 0.555. The minimum atomic E-state index is -0.939. The molecular weight excluding hydrogens is 392 g/mol. The molecule has 0 aliphatic heterocycles. The van der Waals surface area contributed by atoms with Gasteiger partial charge in [0.05, 0.1) is 11.1 Å². The number of hydrogen-bond acceptors (Lipinski definition) is 4. The third-order valence-electron chi connectivity index (χ3n) is 5.68. The molecule has 1 atom stereocenters. The molecule has 2 aromatic carbocycles. The van der Waals surface area contributed by atoms with Crippen molar-refractivity contribution in [2.24, 2.45) is 0 Å². The highest BCUT2D eigenvalue weighted by Crippen LogP contribution is 2.20. The van der Waals surface area contributed by atoms with E-state index in [1.807, 2.05) is 30.3 Å². The number of hydrogen-bond donors (Lipinski definition) is 1. The summed E-state index contributed by atoms with van der Waals surface area (Å²) in [6.45, 7) is 1.56. The summed E-state index contributed by atoms with van der Waals surface area (Å²) in [6, 6.07) is 15.8.